The van der Waals surface area contributed by atoms with E-state index in [1.165, 1.54) is 6.21 Å². The summed E-state index contributed by atoms with van der Waals surface area (Å²) in [7, 11) is 0. The first kappa shape index (κ1) is 13.5. The quantitative estimate of drug-likeness (QED) is 0.367. The van der Waals surface area contributed by atoms with Gasteiger partial charge in [-0.25, -0.2) is 4.74 Å². The molecule has 1 rings (SSSR count). The highest BCUT2D eigenvalue weighted by molar-refractivity contribution is 5.57. The van der Waals surface area contributed by atoms with E-state index in [-0.39, 0.29) is 12.6 Å². The second-order valence-electron chi connectivity index (χ2n) is 4.30. The van der Waals surface area contributed by atoms with E-state index < -0.39 is 6.10 Å². The summed E-state index contributed by atoms with van der Waals surface area (Å²) in [5, 5.41) is 20.8. The Morgan fingerprint density at radius 1 is 1.47 bits per heavy atom. The van der Waals surface area contributed by atoms with Crippen molar-refractivity contribution in [3.8, 4) is 5.75 Å². The summed E-state index contributed by atoms with van der Waals surface area (Å²) in [6, 6.07) is 7.37. The van der Waals surface area contributed by atoms with Gasteiger partial charge in [0.1, 0.15) is 12.4 Å². The summed E-state index contributed by atoms with van der Waals surface area (Å²) >= 11 is 0. The van der Waals surface area contributed by atoms with Gasteiger partial charge in [0.05, 0.1) is 0 Å². The molecule has 0 aliphatic heterocycles. The van der Waals surface area contributed by atoms with Crippen LogP contribution in [0.5, 0.6) is 5.75 Å². The average Bonchev–Trinajstić information content (AvgIpc) is 2.26. The molecule has 4 nitrogen and oxygen atoms in total. The van der Waals surface area contributed by atoms with Crippen molar-refractivity contribution < 1.29 is 14.6 Å². The maximum absolute atomic E-state index is 11.3. The van der Waals surface area contributed by atoms with Gasteiger partial charge in [-0.3, -0.25) is 0 Å². The fraction of sp³-hybridized carbons (Fsp3) is 0.462. The molecule has 1 aromatic rings. The molecule has 1 atom stereocenters. The molecule has 1 N–H and O–H groups in total. The van der Waals surface area contributed by atoms with Crippen LogP contribution in [0, 0.1) is 12.1 Å². The Hall–Kier alpha value is -1.55. The molecule has 0 aromatic heterocycles. The van der Waals surface area contributed by atoms with E-state index in [4.69, 9.17) is 4.74 Å². The molecule has 0 heterocycles. The molecule has 4 heteroatoms. The number of ether oxygens (including phenoxy) is 1. The molecule has 0 saturated carbocycles. The van der Waals surface area contributed by atoms with Gasteiger partial charge in [-0.1, -0.05) is 12.1 Å². The molecule has 0 fully saturated rings. The number of rotatable bonds is 5. The summed E-state index contributed by atoms with van der Waals surface area (Å²) in [5.74, 6) is 0.694. The molecule has 1 unspecified atom stereocenters. The van der Waals surface area contributed by atoms with E-state index in [1.54, 1.807) is 13.8 Å². The van der Waals surface area contributed by atoms with Crippen molar-refractivity contribution in [1.82, 2.24) is 0 Å². The number of hydrogen-bond donors (Lipinski definition) is 1. The second kappa shape index (κ2) is 6.25. The average molecular weight is 237 g/mol. The van der Waals surface area contributed by atoms with Gasteiger partial charge in [-0.2, -0.15) is 0 Å². The second-order valence-corrected chi connectivity index (χ2v) is 4.30. The van der Waals surface area contributed by atoms with Gasteiger partial charge in [0, 0.05) is 0 Å². The van der Waals surface area contributed by atoms with Crippen LogP contribution >= 0.6 is 0 Å². The van der Waals surface area contributed by atoms with Crippen molar-refractivity contribution in [3.05, 3.63) is 35.0 Å². The smallest absolute Gasteiger partial charge is 0.183 e. The Morgan fingerprint density at radius 3 is 2.76 bits per heavy atom. The van der Waals surface area contributed by atoms with Crippen LogP contribution in [-0.4, -0.2) is 34.8 Å². The molecule has 0 aliphatic carbocycles. The summed E-state index contributed by atoms with van der Waals surface area (Å²) in [4.78, 5) is 0. The van der Waals surface area contributed by atoms with E-state index in [9.17, 15) is 10.3 Å². The highest BCUT2D eigenvalue weighted by Crippen LogP contribution is 2.12. The molecule has 17 heavy (non-hydrogen) atoms. The molecular formula is C13H19NO3. The summed E-state index contributed by atoms with van der Waals surface area (Å²) < 4.78 is 6.11. The van der Waals surface area contributed by atoms with Crippen LogP contribution in [-0.2, 0) is 0 Å². The van der Waals surface area contributed by atoms with Crippen LogP contribution in [0.15, 0.2) is 24.3 Å². The maximum Gasteiger partial charge on any atom is 0.183 e. The molecule has 0 radical (unpaired) electrons. The van der Waals surface area contributed by atoms with Gasteiger partial charge in [-0.15, -0.1) is 0 Å². The number of aliphatic hydroxyl groups excluding tert-OH is 1. The van der Waals surface area contributed by atoms with Crippen molar-refractivity contribution in [2.75, 3.05) is 6.61 Å². The Labute approximate surface area is 102 Å². The monoisotopic (exact) mass is 237 g/mol. The minimum absolute atomic E-state index is 0.0783. The van der Waals surface area contributed by atoms with Gasteiger partial charge in [0.25, 0.3) is 0 Å². The third-order valence-corrected chi connectivity index (χ3v) is 2.24. The first-order valence-corrected chi connectivity index (χ1v) is 5.67. The molecule has 1 aromatic carbocycles. The van der Waals surface area contributed by atoms with Crippen LogP contribution < -0.4 is 4.74 Å². The molecule has 0 aliphatic rings. The highest BCUT2D eigenvalue weighted by atomic mass is 16.5. The van der Waals surface area contributed by atoms with E-state index in [0.29, 0.717) is 5.75 Å². The van der Waals surface area contributed by atoms with Crippen molar-refractivity contribution in [2.45, 2.75) is 32.9 Å². The largest absolute Gasteiger partial charge is 0.624 e. The molecule has 0 spiro atoms. The number of aryl methyl sites for hydroxylation is 1. The lowest BCUT2D eigenvalue weighted by atomic mass is 10.2. The zero-order valence-corrected chi connectivity index (χ0v) is 10.5. The number of hydroxylamine groups is 1. The van der Waals surface area contributed by atoms with Crippen molar-refractivity contribution in [1.29, 1.82) is 0 Å². The van der Waals surface area contributed by atoms with E-state index in [2.05, 4.69) is 0 Å². The fourth-order valence-electron chi connectivity index (χ4n) is 1.27. The predicted octanol–water partition coefficient (Wildman–Crippen LogP) is 1.72. The lowest BCUT2D eigenvalue weighted by Gasteiger charge is -2.11. The van der Waals surface area contributed by atoms with Gasteiger partial charge in [0.2, 0.25) is 0 Å². The van der Waals surface area contributed by atoms with Crippen molar-refractivity contribution in [2.24, 2.45) is 0 Å². The topological polar surface area (TPSA) is 55.5 Å². The molecule has 0 saturated heterocycles. The lowest BCUT2D eigenvalue weighted by Crippen LogP contribution is -2.26. The lowest BCUT2D eigenvalue weighted by molar-refractivity contribution is -0.490. The first-order chi connectivity index (χ1) is 7.99. The van der Waals surface area contributed by atoms with Crippen LogP contribution in [0.2, 0.25) is 0 Å². The minimum atomic E-state index is -0.893. The number of aliphatic hydroxyl groups is 1. The molecular weight excluding hydrogens is 218 g/mol. The Kier molecular flexibility index (Phi) is 4.97. The van der Waals surface area contributed by atoms with E-state index in [0.717, 1.165) is 10.3 Å². The standard InChI is InChI=1S/C13H19NO3/c1-10(2)14(16)8-12(15)9-17-13-6-4-5-11(3)7-13/h4-8,10,12,15H,9H2,1-3H3/b14-8+. The molecule has 0 amide bonds. The normalized spacial score (nSPS) is 13.8. The van der Waals surface area contributed by atoms with Gasteiger partial charge < -0.3 is 15.1 Å². The van der Waals surface area contributed by atoms with Crippen LogP contribution in [0.1, 0.15) is 19.4 Å². The zero-order valence-electron chi connectivity index (χ0n) is 10.5. The van der Waals surface area contributed by atoms with Crippen LogP contribution in [0.3, 0.4) is 0 Å². The minimum Gasteiger partial charge on any atom is -0.624 e. The van der Waals surface area contributed by atoms with Crippen molar-refractivity contribution >= 4 is 6.21 Å². The van der Waals surface area contributed by atoms with Crippen molar-refractivity contribution in [3.63, 3.8) is 0 Å². The third kappa shape index (κ3) is 4.87. The first-order valence-electron chi connectivity index (χ1n) is 5.67. The summed E-state index contributed by atoms with van der Waals surface area (Å²) in [6.07, 6.45) is 0.330. The zero-order chi connectivity index (χ0) is 12.8. The number of nitrogens with zero attached hydrogens (tertiary/aromatic N) is 1. The van der Waals surface area contributed by atoms with Gasteiger partial charge in [-0.05, 0) is 38.5 Å². The van der Waals surface area contributed by atoms with Crippen LogP contribution in [0.25, 0.3) is 0 Å². The van der Waals surface area contributed by atoms with Crippen LogP contribution in [0.4, 0.5) is 0 Å². The van der Waals surface area contributed by atoms with Gasteiger partial charge in [0.15, 0.2) is 18.4 Å². The predicted molar refractivity (Wildman–Crippen MR) is 67.5 cm³/mol. The Balaban J connectivity index is 2.48. The SMILES string of the molecule is Cc1cccc(OCC(O)/C=[N+](/[O-])C(C)C)c1. The maximum atomic E-state index is 11.3. The molecule has 0 bridgehead atoms. The Morgan fingerprint density at radius 2 is 2.18 bits per heavy atom. The summed E-state index contributed by atoms with van der Waals surface area (Å²) in [5.41, 5.74) is 1.09. The number of hydrogen-bond acceptors (Lipinski definition) is 3. The van der Waals surface area contributed by atoms with E-state index >= 15 is 0 Å². The van der Waals surface area contributed by atoms with Gasteiger partial charge >= 0.3 is 0 Å². The molecule has 94 valence electrons. The van der Waals surface area contributed by atoms with E-state index in [1.807, 2.05) is 31.2 Å². The Bertz CT molecular complexity index is 388. The number of benzene rings is 1. The highest BCUT2D eigenvalue weighted by Gasteiger charge is 2.08. The third-order valence-electron chi connectivity index (χ3n) is 2.24. The summed E-state index contributed by atoms with van der Waals surface area (Å²) in [6.45, 7) is 5.57. The fourth-order valence-corrected chi connectivity index (χ4v) is 1.27.